The number of hydrogen-bond acceptors (Lipinski definition) is 4. The lowest BCUT2D eigenvalue weighted by Gasteiger charge is -2.09. The van der Waals surface area contributed by atoms with Gasteiger partial charge in [-0.2, -0.15) is 0 Å². The van der Waals surface area contributed by atoms with Crippen LogP contribution in [0.5, 0.6) is 5.75 Å². The summed E-state index contributed by atoms with van der Waals surface area (Å²) in [7, 11) is 0. The molecule has 0 aliphatic rings. The molecule has 20 heavy (non-hydrogen) atoms. The number of nitrogens with zero attached hydrogens (tertiary/aromatic N) is 2. The van der Waals surface area contributed by atoms with E-state index < -0.39 is 0 Å². The van der Waals surface area contributed by atoms with Gasteiger partial charge in [0.1, 0.15) is 17.2 Å². The Morgan fingerprint density at radius 3 is 3.00 bits per heavy atom. The molecule has 0 atom stereocenters. The van der Waals surface area contributed by atoms with E-state index in [4.69, 9.17) is 16.3 Å². The first-order valence-electron chi connectivity index (χ1n) is 6.05. The fraction of sp³-hybridized carbons (Fsp3) is 0.143. The van der Waals surface area contributed by atoms with Crippen LogP contribution in [0.3, 0.4) is 0 Å². The molecule has 6 heteroatoms. The molecule has 3 rings (SSSR count). The van der Waals surface area contributed by atoms with E-state index in [1.54, 1.807) is 29.1 Å². The van der Waals surface area contributed by atoms with Crippen molar-refractivity contribution < 1.29 is 4.74 Å². The Kier molecular flexibility index (Phi) is 3.71. The SMILES string of the molecule is O=c1c2ccsc2ncn1CCOc1ccccc1Cl. The van der Waals surface area contributed by atoms with Crippen LogP contribution in [0.15, 0.2) is 46.8 Å². The summed E-state index contributed by atoms with van der Waals surface area (Å²) in [6.07, 6.45) is 1.55. The number of ether oxygens (including phenoxy) is 1. The Morgan fingerprint density at radius 2 is 2.15 bits per heavy atom. The van der Waals surface area contributed by atoms with Crippen molar-refractivity contribution in [1.82, 2.24) is 9.55 Å². The van der Waals surface area contributed by atoms with Crippen molar-refractivity contribution >= 4 is 33.2 Å². The standard InChI is InChI=1S/C14H11ClN2O2S/c15-11-3-1-2-4-12(11)19-7-6-17-9-16-13-10(14(17)18)5-8-20-13/h1-5,8-9H,6-7H2. The highest BCUT2D eigenvalue weighted by Gasteiger charge is 2.05. The second-order valence-electron chi connectivity index (χ2n) is 4.16. The summed E-state index contributed by atoms with van der Waals surface area (Å²) in [5.41, 5.74) is -0.0426. The van der Waals surface area contributed by atoms with Gasteiger partial charge in [0.2, 0.25) is 0 Å². The minimum absolute atomic E-state index is 0.0426. The Labute approximate surface area is 124 Å². The molecule has 0 bridgehead atoms. The Balaban J connectivity index is 1.73. The molecule has 0 aliphatic heterocycles. The first kappa shape index (κ1) is 13.1. The van der Waals surface area contributed by atoms with E-state index >= 15 is 0 Å². The summed E-state index contributed by atoms with van der Waals surface area (Å²) in [6, 6.07) is 9.05. The fourth-order valence-corrected chi connectivity index (χ4v) is 2.78. The van der Waals surface area contributed by atoms with Crippen LogP contribution in [0.1, 0.15) is 0 Å². The summed E-state index contributed by atoms with van der Waals surface area (Å²) in [4.78, 5) is 17.2. The lowest BCUT2D eigenvalue weighted by atomic mass is 10.3. The normalized spacial score (nSPS) is 10.8. The molecule has 0 saturated carbocycles. The van der Waals surface area contributed by atoms with Gasteiger partial charge < -0.3 is 4.74 Å². The minimum Gasteiger partial charge on any atom is -0.490 e. The van der Waals surface area contributed by atoms with Crippen molar-refractivity contribution in [3.05, 3.63) is 57.4 Å². The molecule has 0 N–H and O–H groups in total. The van der Waals surface area contributed by atoms with E-state index in [1.165, 1.54) is 11.3 Å². The first-order valence-corrected chi connectivity index (χ1v) is 7.31. The van der Waals surface area contributed by atoms with Crippen LogP contribution in [0.2, 0.25) is 5.02 Å². The van der Waals surface area contributed by atoms with E-state index in [1.807, 2.05) is 17.5 Å². The van der Waals surface area contributed by atoms with Crippen molar-refractivity contribution in [2.75, 3.05) is 6.61 Å². The number of thiophene rings is 1. The van der Waals surface area contributed by atoms with E-state index in [2.05, 4.69) is 4.98 Å². The number of benzene rings is 1. The van der Waals surface area contributed by atoms with Gasteiger partial charge >= 0.3 is 0 Å². The average molecular weight is 307 g/mol. The third-order valence-corrected chi connectivity index (χ3v) is 4.01. The number of rotatable bonds is 4. The van der Waals surface area contributed by atoms with Crippen LogP contribution in [0, 0.1) is 0 Å². The van der Waals surface area contributed by atoms with Crippen molar-refractivity contribution in [2.24, 2.45) is 0 Å². The minimum atomic E-state index is -0.0426. The first-order chi connectivity index (χ1) is 9.75. The molecule has 3 aromatic rings. The zero-order valence-corrected chi connectivity index (χ0v) is 12.0. The second-order valence-corrected chi connectivity index (χ2v) is 5.46. The maximum Gasteiger partial charge on any atom is 0.262 e. The molecule has 2 aromatic heterocycles. The van der Waals surface area contributed by atoms with Crippen LogP contribution in [-0.4, -0.2) is 16.2 Å². The summed E-state index contributed by atoms with van der Waals surface area (Å²) >= 11 is 7.46. The van der Waals surface area contributed by atoms with Crippen molar-refractivity contribution in [3.8, 4) is 5.75 Å². The molecule has 0 saturated heterocycles. The van der Waals surface area contributed by atoms with Crippen molar-refractivity contribution in [3.63, 3.8) is 0 Å². The predicted molar refractivity (Wildman–Crippen MR) is 80.8 cm³/mol. The molecule has 0 radical (unpaired) electrons. The maximum atomic E-state index is 12.1. The van der Waals surface area contributed by atoms with Crippen LogP contribution >= 0.6 is 22.9 Å². The monoisotopic (exact) mass is 306 g/mol. The zero-order valence-electron chi connectivity index (χ0n) is 10.5. The number of para-hydroxylation sites is 1. The molecule has 4 nitrogen and oxygen atoms in total. The van der Waals surface area contributed by atoms with Gasteiger partial charge in [0, 0.05) is 0 Å². The Bertz CT molecular complexity index is 797. The molecule has 102 valence electrons. The summed E-state index contributed by atoms with van der Waals surface area (Å²) in [6.45, 7) is 0.795. The number of aromatic nitrogens is 2. The number of fused-ring (bicyclic) bond motifs is 1. The van der Waals surface area contributed by atoms with Gasteiger partial charge in [-0.3, -0.25) is 9.36 Å². The van der Waals surface area contributed by atoms with Gasteiger partial charge in [0.15, 0.2) is 0 Å². The topological polar surface area (TPSA) is 44.1 Å². The van der Waals surface area contributed by atoms with Gasteiger partial charge in [0.25, 0.3) is 5.56 Å². The molecule has 0 aliphatic carbocycles. The van der Waals surface area contributed by atoms with Gasteiger partial charge in [-0.15, -0.1) is 11.3 Å². The Morgan fingerprint density at radius 1 is 1.30 bits per heavy atom. The van der Waals surface area contributed by atoms with Crippen molar-refractivity contribution in [1.29, 1.82) is 0 Å². The lowest BCUT2D eigenvalue weighted by molar-refractivity contribution is 0.296. The molecule has 0 amide bonds. The molecular weight excluding hydrogens is 296 g/mol. The molecule has 2 heterocycles. The largest absolute Gasteiger partial charge is 0.490 e. The van der Waals surface area contributed by atoms with Gasteiger partial charge in [0.05, 0.1) is 23.3 Å². The fourth-order valence-electron chi connectivity index (χ4n) is 1.87. The van der Waals surface area contributed by atoms with E-state index in [-0.39, 0.29) is 5.56 Å². The average Bonchev–Trinajstić information content (AvgIpc) is 2.93. The third-order valence-electron chi connectivity index (χ3n) is 2.88. The highest BCUT2D eigenvalue weighted by atomic mass is 35.5. The Hall–Kier alpha value is -1.85. The molecule has 0 spiro atoms. The molecule has 0 unspecified atom stereocenters. The van der Waals surface area contributed by atoms with Gasteiger partial charge in [-0.25, -0.2) is 4.98 Å². The van der Waals surface area contributed by atoms with E-state index in [9.17, 15) is 4.79 Å². The summed E-state index contributed by atoms with van der Waals surface area (Å²) < 4.78 is 7.12. The number of halogens is 1. The molecule has 0 fully saturated rings. The van der Waals surface area contributed by atoms with Crippen LogP contribution in [0.4, 0.5) is 0 Å². The van der Waals surface area contributed by atoms with Crippen LogP contribution in [-0.2, 0) is 6.54 Å². The highest BCUT2D eigenvalue weighted by Crippen LogP contribution is 2.22. The lowest BCUT2D eigenvalue weighted by Crippen LogP contribution is -2.23. The second kappa shape index (κ2) is 5.64. The predicted octanol–water partition coefficient (Wildman–Crippen LogP) is 3.19. The zero-order chi connectivity index (χ0) is 13.9. The highest BCUT2D eigenvalue weighted by molar-refractivity contribution is 7.16. The number of hydrogen-bond donors (Lipinski definition) is 0. The smallest absolute Gasteiger partial charge is 0.262 e. The van der Waals surface area contributed by atoms with Crippen molar-refractivity contribution in [2.45, 2.75) is 6.54 Å². The summed E-state index contributed by atoms with van der Waals surface area (Å²) in [5, 5.41) is 3.07. The van der Waals surface area contributed by atoms with Gasteiger partial charge in [-0.1, -0.05) is 23.7 Å². The van der Waals surface area contributed by atoms with Crippen LogP contribution in [0.25, 0.3) is 10.2 Å². The third kappa shape index (κ3) is 2.55. The summed E-state index contributed by atoms with van der Waals surface area (Å²) in [5.74, 6) is 0.617. The maximum absolute atomic E-state index is 12.1. The van der Waals surface area contributed by atoms with E-state index in [0.717, 1.165) is 4.83 Å². The molecular formula is C14H11ClN2O2S. The molecule has 1 aromatic carbocycles. The van der Waals surface area contributed by atoms with E-state index in [0.29, 0.717) is 29.3 Å². The van der Waals surface area contributed by atoms with Gasteiger partial charge in [-0.05, 0) is 23.6 Å². The van der Waals surface area contributed by atoms with Crippen LogP contribution < -0.4 is 10.3 Å². The quantitative estimate of drug-likeness (QED) is 0.743.